The molecule has 4 aromatic rings. The first kappa shape index (κ1) is 26.6. The first-order valence-corrected chi connectivity index (χ1v) is 12.3. The summed E-state index contributed by atoms with van der Waals surface area (Å²) in [4.78, 5) is 40.9. The Hall–Kier alpha value is -4.44. The fraction of sp³-hybridized carbons (Fsp3) is 0.286. The van der Waals surface area contributed by atoms with Crippen LogP contribution in [0.3, 0.4) is 0 Å². The lowest BCUT2D eigenvalue weighted by Crippen LogP contribution is -2.31. The van der Waals surface area contributed by atoms with Gasteiger partial charge in [-0.3, -0.25) is 14.7 Å². The molecule has 1 aliphatic rings. The van der Waals surface area contributed by atoms with Crippen LogP contribution in [0.1, 0.15) is 73.7 Å². The lowest BCUT2D eigenvalue weighted by Gasteiger charge is -2.34. The number of fused-ring (bicyclic) bond motifs is 1. The van der Waals surface area contributed by atoms with Crippen molar-refractivity contribution in [3.8, 4) is 0 Å². The van der Waals surface area contributed by atoms with E-state index in [4.69, 9.17) is 15.3 Å². The summed E-state index contributed by atoms with van der Waals surface area (Å²) in [5.41, 5.74) is 10.6. The van der Waals surface area contributed by atoms with Gasteiger partial charge in [0.2, 0.25) is 11.8 Å². The topological polar surface area (TPSA) is 148 Å². The number of benzene rings is 1. The SMILES string of the molecule is Cc1ncnc(C)c1C(=O)O.NC(=O)c1cccc(CN(Cc2ncco2)C2CCCc3cccnc32)c1. The largest absolute Gasteiger partial charge is 0.478 e. The van der Waals surface area contributed by atoms with Gasteiger partial charge in [-0.25, -0.2) is 19.7 Å². The summed E-state index contributed by atoms with van der Waals surface area (Å²) in [6.45, 7) is 4.54. The van der Waals surface area contributed by atoms with Gasteiger partial charge in [0.15, 0.2) is 0 Å². The molecular formula is C28H30N6O4. The number of primary amides is 1. The summed E-state index contributed by atoms with van der Waals surface area (Å²) < 4.78 is 5.50. The number of aromatic nitrogens is 4. The smallest absolute Gasteiger partial charge is 0.339 e. The lowest BCUT2D eigenvalue weighted by molar-refractivity contribution is 0.0694. The average molecular weight is 515 g/mol. The number of amides is 1. The summed E-state index contributed by atoms with van der Waals surface area (Å²) in [5.74, 6) is -0.717. The minimum Gasteiger partial charge on any atom is -0.478 e. The van der Waals surface area contributed by atoms with Gasteiger partial charge < -0.3 is 15.3 Å². The number of rotatable bonds is 7. The third-order valence-corrected chi connectivity index (χ3v) is 6.47. The summed E-state index contributed by atoms with van der Waals surface area (Å²) in [5, 5.41) is 8.67. The van der Waals surface area contributed by atoms with Crippen molar-refractivity contribution in [2.45, 2.75) is 52.2 Å². The number of oxazole rings is 1. The predicted octanol–water partition coefficient (Wildman–Crippen LogP) is 4.04. The van der Waals surface area contributed by atoms with Crippen molar-refractivity contribution in [1.29, 1.82) is 0 Å². The lowest BCUT2D eigenvalue weighted by atomic mass is 9.90. The number of nitrogens with two attached hydrogens (primary N) is 1. The summed E-state index contributed by atoms with van der Waals surface area (Å²) in [7, 11) is 0. The molecule has 0 spiro atoms. The van der Waals surface area contributed by atoms with Gasteiger partial charge in [-0.15, -0.1) is 0 Å². The molecule has 10 nitrogen and oxygen atoms in total. The Balaban J connectivity index is 0.000000257. The van der Waals surface area contributed by atoms with Crippen molar-refractivity contribution in [1.82, 2.24) is 24.8 Å². The van der Waals surface area contributed by atoms with E-state index >= 15 is 0 Å². The van der Waals surface area contributed by atoms with Crippen molar-refractivity contribution < 1.29 is 19.1 Å². The highest BCUT2D eigenvalue weighted by Crippen LogP contribution is 2.34. The van der Waals surface area contributed by atoms with Crippen LogP contribution in [-0.2, 0) is 19.5 Å². The maximum Gasteiger partial charge on any atom is 0.339 e. The standard InChI is InChI=1S/C21H22N4O2.C7H8N2O2/c22-21(26)17-6-1-4-15(12-17)13-25(14-19-23-10-11-27-19)18-8-2-5-16-7-3-9-24-20(16)18;1-4-6(7(10)11)5(2)9-3-8-4/h1,3-4,6-7,9-12,18H,2,5,8,13-14H2,(H2,22,26);3H,1-2H3,(H,10,11). The van der Waals surface area contributed by atoms with Gasteiger partial charge in [0.25, 0.3) is 0 Å². The van der Waals surface area contributed by atoms with Crippen molar-refractivity contribution in [2.24, 2.45) is 5.73 Å². The number of carbonyl (C=O) groups excluding carboxylic acids is 1. The molecule has 10 heteroatoms. The van der Waals surface area contributed by atoms with Crippen molar-refractivity contribution in [2.75, 3.05) is 0 Å². The van der Waals surface area contributed by atoms with Gasteiger partial charge in [-0.2, -0.15) is 0 Å². The number of pyridine rings is 1. The van der Waals surface area contributed by atoms with Crippen LogP contribution in [0.25, 0.3) is 0 Å². The van der Waals surface area contributed by atoms with Crippen LogP contribution in [0, 0.1) is 13.8 Å². The molecule has 1 aliphatic carbocycles. The number of aryl methyl sites for hydroxylation is 3. The molecule has 196 valence electrons. The quantitative estimate of drug-likeness (QED) is 0.373. The Bertz CT molecular complexity index is 1390. The zero-order valence-electron chi connectivity index (χ0n) is 21.4. The number of hydrogen-bond donors (Lipinski definition) is 2. The summed E-state index contributed by atoms with van der Waals surface area (Å²) in [6, 6.07) is 11.8. The van der Waals surface area contributed by atoms with Crippen LogP contribution >= 0.6 is 0 Å². The highest BCUT2D eigenvalue weighted by Gasteiger charge is 2.28. The molecule has 1 aromatic carbocycles. The molecule has 38 heavy (non-hydrogen) atoms. The van der Waals surface area contributed by atoms with E-state index in [0.717, 1.165) is 30.5 Å². The zero-order chi connectivity index (χ0) is 27.1. The Morgan fingerprint density at radius 2 is 1.84 bits per heavy atom. The molecule has 1 atom stereocenters. The van der Waals surface area contributed by atoms with Crippen LogP contribution in [0.2, 0.25) is 0 Å². The number of aromatic carboxylic acids is 1. The van der Waals surface area contributed by atoms with Gasteiger partial charge in [0.1, 0.15) is 18.2 Å². The zero-order valence-corrected chi connectivity index (χ0v) is 21.4. The summed E-state index contributed by atoms with van der Waals surface area (Å²) >= 11 is 0. The minimum absolute atomic E-state index is 0.180. The molecule has 0 bridgehead atoms. The second kappa shape index (κ2) is 12.2. The summed E-state index contributed by atoms with van der Waals surface area (Å²) in [6.07, 6.45) is 9.67. The number of hydrogen-bond acceptors (Lipinski definition) is 8. The monoisotopic (exact) mass is 514 g/mol. The van der Waals surface area contributed by atoms with E-state index in [1.54, 1.807) is 32.4 Å². The van der Waals surface area contributed by atoms with Crippen molar-refractivity contribution in [3.63, 3.8) is 0 Å². The van der Waals surface area contributed by atoms with Crippen LogP contribution in [-0.4, -0.2) is 41.8 Å². The van der Waals surface area contributed by atoms with Crippen molar-refractivity contribution >= 4 is 11.9 Å². The fourth-order valence-corrected chi connectivity index (χ4v) is 4.68. The first-order valence-electron chi connectivity index (χ1n) is 12.3. The second-order valence-electron chi connectivity index (χ2n) is 9.08. The molecule has 1 amide bonds. The third-order valence-electron chi connectivity index (χ3n) is 6.47. The Kier molecular flexibility index (Phi) is 8.55. The van der Waals surface area contributed by atoms with E-state index in [1.165, 1.54) is 11.9 Å². The second-order valence-corrected chi connectivity index (χ2v) is 9.08. The van der Waals surface area contributed by atoms with Gasteiger partial charge in [-0.05, 0) is 62.4 Å². The number of carboxylic acids is 1. The molecule has 3 N–H and O–H groups in total. The minimum atomic E-state index is -0.972. The number of nitrogens with zero attached hydrogens (tertiary/aromatic N) is 5. The molecule has 0 saturated heterocycles. The first-order chi connectivity index (χ1) is 18.3. The molecule has 3 heterocycles. The van der Waals surface area contributed by atoms with Crippen LogP contribution < -0.4 is 5.73 Å². The molecule has 5 rings (SSSR count). The maximum absolute atomic E-state index is 11.5. The van der Waals surface area contributed by atoms with Gasteiger partial charge in [0.05, 0.1) is 35.9 Å². The van der Waals surface area contributed by atoms with E-state index < -0.39 is 11.9 Å². The maximum atomic E-state index is 11.5. The third kappa shape index (κ3) is 6.46. The highest BCUT2D eigenvalue weighted by molar-refractivity contribution is 5.92. The average Bonchev–Trinajstić information content (AvgIpc) is 3.41. The fourth-order valence-electron chi connectivity index (χ4n) is 4.68. The van der Waals surface area contributed by atoms with Crippen LogP contribution in [0.4, 0.5) is 0 Å². The van der Waals surface area contributed by atoms with Crippen LogP contribution in [0.15, 0.2) is 65.8 Å². The van der Waals surface area contributed by atoms with Gasteiger partial charge in [-0.1, -0.05) is 18.2 Å². The molecular weight excluding hydrogens is 484 g/mol. The predicted molar refractivity (Wildman–Crippen MR) is 139 cm³/mol. The van der Waals surface area contributed by atoms with E-state index in [9.17, 15) is 9.59 Å². The molecule has 0 radical (unpaired) electrons. The molecule has 1 unspecified atom stereocenters. The normalized spacial score (nSPS) is 14.3. The van der Waals surface area contributed by atoms with Crippen LogP contribution in [0.5, 0.6) is 0 Å². The molecule has 0 saturated carbocycles. The van der Waals surface area contributed by atoms with E-state index in [0.29, 0.717) is 35.9 Å². The van der Waals surface area contributed by atoms with Gasteiger partial charge in [0, 0.05) is 18.3 Å². The molecule has 0 fully saturated rings. The Morgan fingerprint density at radius 3 is 2.50 bits per heavy atom. The van der Waals surface area contributed by atoms with Gasteiger partial charge >= 0.3 is 5.97 Å². The van der Waals surface area contributed by atoms with Crippen molar-refractivity contribution in [3.05, 3.63) is 107 Å². The van der Waals surface area contributed by atoms with E-state index in [-0.39, 0.29) is 11.6 Å². The number of carbonyl (C=O) groups is 2. The Labute approximate surface area is 220 Å². The highest BCUT2D eigenvalue weighted by atomic mass is 16.4. The molecule has 3 aromatic heterocycles. The van der Waals surface area contributed by atoms with E-state index in [1.807, 2.05) is 30.5 Å². The molecule has 0 aliphatic heterocycles. The number of carboxylic acid groups (broad SMARTS) is 1. The van der Waals surface area contributed by atoms with E-state index in [2.05, 4.69) is 30.9 Å². The Morgan fingerprint density at radius 1 is 1.05 bits per heavy atom.